The lowest BCUT2D eigenvalue weighted by Gasteiger charge is -2.18. The van der Waals surface area contributed by atoms with Crippen LogP contribution in [0.25, 0.3) is 0 Å². The Bertz CT molecular complexity index is 461. The fourth-order valence-corrected chi connectivity index (χ4v) is 1.58. The Hall–Kier alpha value is -2.15. The van der Waals surface area contributed by atoms with E-state index in [9.17, 15) is 9.59 Å². The molecular formula is C13H19N3O4. The highest BCUT2D eigenvalue weighted by Crippen LogP contribution is 2.04. The smallest absolute Gasteiger partial charge is 0.407 e. The molecule has 2 N–H and O–H groups in total. The first kappa shape index (κ1) is 15.9. The molecule has 0 radical (unpaired) electrons. The average Bonchev–Trinajstić information content (AvgIpc) is 2.46. The molecule has 0 aliphatic heterocycles. The molecule has 0 bridgehead atoms. The summed E-state index contributed by atoms with van der Waals surface area (Å²) in [7, 11) is 3.13. The molecule has 0 saturated carbocycles. The Morgan fingerprint density at radius 1 is 1.20 bits per heavy atom. The number of carboxylic acid groups (broad SMARTS) is 1. The summed E-state index contributed by atoms with van der Waals surface area (Å²) >= 11 is 0. The zero-order valence-corrected chi connectivity index (χ0v) is 11.6. The minimum atomic E-state index is -0.986. The summed E-state index contributed by atoms with van der Waals surface area (Å²) in [6, 6.07) is 3.21. The first-order chi connectivity index (χ1) is 9.45. The van der Waals surface area contributed by atoms with Gasteiger partial charge in [0, 0.05) is 33.4 Å². The summed E-state index contributed by atoms with van der Waals surface area (Å²) in [5, 5.41) is 17.6. The SMILES string of the molecule is CN(CCCN(C)C(=O)c1ccc(CO)cn1)C(=O)O. The van der Waals surface area contributed by atoms with Crippen molar-refractivity contribution in [2.75, 3.05) is 27.2 Å². The number of aliphatic hydroxyl groups is 1. The van der Waals surface area contributed by atoms with Crippen molar-refractivity contribution in [2.24, 2.45) is 0 Å². The highest BCUT2D eigenvalue weighted by Gasteiger charge is 2.13. The van der Waals surface area contributed by atoms with E-state index < -0.39 is 6.09 Å². The Labute approximate surface area is 117 Å². The molecule has 0 fully saturated rings. The maximum atomic E-state index is 12.0. The topological polar surface area (TPSA) is 94.0 Å². The minimum absolute atomic E-state index is 0.112. The number of aromatic nitrogens is 1. The fourth-order valence-electron chi connectivity index (χ4n) is 1.58. The number of amides is 2. The summed E-state index contributed by atoms with van der Waals surface area (Å²) in [5.41, 5.74) is 0.948. The van der Waals surface area contributed by atoms with Crippen molar-refractivity contribution >= 4 is 12.0 Å². The van der Waals surface area contributed by atoms with Crippen molar-refractivity contribution in [3.63, 3.8) is 0 Å². The number of hydrogen-bond acceptors (Lipinski definition) is 4. The van der Waals surface area contributed by atoms with Gasteiger partial charge in [0.1, 0.15) is 5.69 Å². The molecule has 7 nitrogen and oxygen atoms in total. The van der Waals surface area contributed by atoms with Crippen molar-refractivity contribution in [3.8, 4) is 0 Å². The van der Waals surface area contributed by atoms with E-state index in [1.807, 2.05) is 0 Å². The molecule has 2 amide bonds. The molecule has 0 aliphatic carbocycles. The number of rotatable bonds is 6. The van der Waals surface area contributed by atoms with E-state index in [1.165, 1.54) is 23.0 Å². The number of hydrogen-bond donors (Lipinski definition) is 2. The number of carbonyl (C=O) groups excluding carboxylic acids is 1. The lowest BCUT2D eigenvalue weighted by atomic mass is 10.2. The van der Waals surface area contributed by atoms with Crippen LogP contribution in [-0.2, 0) is 6.61 Å². The summed E-state index contributed by atoms with van der Waals surface area (Å²) in [5.74, 6) is -0.229. The second kappa shape index (κ2) is 7.44. The molecular weight excluding hydrogens is 262 g/mol. The van der Waals surface area contributed by atoms with Gasteiger partial charge in [0.15, 0.2) is 0 Å². The molecule has 20 heavy (non-hydrogen) atoms. The Balaban J connectivity index is 2.47. The normalized spacial score (nSPS) is 10.2. The molecule has 0 unspecified atom stereocenters. The van der Waals surface area contributed by atoms with Gasteiger partial charge >= 0.3 is 6.09 Å². The van der Waals surface area contributed by atoms with Gasteiger partial charge in [0.05, 0.1) is 6.61 Å². The molecule has 110 valence electrons. The van der Waals surface area contributed by atoms with E-state index in [0.717, 1.165) is 0 Å². The van der Waals surface area contributed by atoms with Gasteiger partial charge in [0.2, 0.25) is 0 Å². The van der Waals surface area contributed by atoms with Crippen LogP contribution < -0.4 is 0 Å². The third-order valence-electron chi connectivity index (χ3n) is 2.89. The van der Waals surface area contributed by atoms with Crippen LogP contribution in [0, 0.1) is 0 Å². The highest BCUT2D eigenvalue weighted by molar-refractivity contribution is 5.92. The van der Waals surface area contributed by atoms with E-state index in [4.69, 9.17) is 10.2 Å². The second-order valence-corrected chi connectivity index (χ2v) is 4.49. The van der Waals surface area contributed by atoms with Crippen LogP contribution >= 0.6 is 0 Å². The van der Waals surface area contributed by atoms with Gasteiger partial charge in [-0.05, 0) is 18.1 Å². The van der Waals surface area contributed by atoms with Crippen LogP contribution in [-0.4, -0.2) is 64.2 Å². The van der Waals surface area contributed by atoms with Crippen LogP contribution in [0.3, 0.4) is 0 Å². The summed E-state index contributed by atoms with van der Waals surface area (Å²) in [6.45, 7) is 0.697. The first-order valence-corrected chi connectivity index (χ1v) is 6.21. The zero-order chi connectivity index (χ0) is 15.1. The summed E-state index contributed by atoms with van der Waals surface area (Å²) in [6.07, 6.45) is 1.03. The van der Waals surface area contributed by atoms with E-state index in [0.29, 0.717) is 30.8 Å². The van der Waals surface area contributed by atoms with Gasteiger partial charge in [-0.25, -0.2) is 4.79 Å². The first-order valence-electron chi connectivity index (χ1n) is 6.21. The van der Waals surface area contributed by atoms with Gasteiger partial charge in [-0.2, -0.15) is 0 Å². The average molecular weight is 281 g/mol. The molecule has 0 aromatic carbocycles. The van der Waals surface area contributed by atoms with Gasteiger partial charge in [-0.3, -0.25) is 9.78 Å². The molecule has 0 spiro atoms. The van der Waals surface area contributed by atoms with E-state index in [2.05, 4.69) is 4.98 Å². The van der Waals surface area contributed by atoms with Gasteiger partial charge in [-0.1, -0.05) is 6.07 Å². The monoisotopic (exact) mass is 281 g/mol. The number of nitrogens with zero attached hydrogens (tertiary/aromatic N) is 3. The molecule has 1 aromatic heterocycles. The molecule has 1 heterocycles. The lowest BCUT2D eigenvalue weighted by Crippen LogP contribution is -2.32. The zero-order valence-electron chi connectivity index (χ0n) is 11.6. The predicted molar refractivity (Wildman–Crippen MR) is 72.4 cm³/mol. The fraction of sp³-hybridized carbons (Fsp3) is 0.462. The quantitative estimate of drug-likeness (QED) is 0.798. The summed E-state index contributed by atoms with van der Waals surface area (Å²) < 4.78 is 0. The van der Waals surface area contributed by atoms with Gasteiger partial charge in [-0.15, -0.1) is 0 Å². The highest BCUT2D eigenvalue weighted by atomic mass is 16.4. The minimum Gasteiger partial charge on any atom is -0.465 e. The van der Waals surface area contributed by atoms with Gasteiger partial charge in [0.25, 0.3) is 5.91 Å². The lowest BCUT2D eigenvalue weighted by molar-refractivity contribution is 0.0784. The molecule has 0 atom stereocenters. The molecule has 1 aromatic rings. The summed E-state index contributed by atoms with van der Waals surface area (Å²) in [4.78, 5) is 29.3. The standard InChI is InChI=1S/C13H19N3O4/c1-15(6-3-7-16(2)13(19)20)12(18)11-5-4-10(9-17)8-14-11/h4-5,8,17H,3,6-7,9H2,1-2H3,(H,19,20). The largest absolute Gasteiger partial charge is 0.465 e. The molecule has 0 saturated heterocycles. The van der Waals surface area contributed by atoms with Crippen molar-refractivity contribution in [1.29, 1.82) is 0 Å². The van der Waals surface area contributed by atoms with E-state index in [-0.39, 0.29) is 12.5 Å². The Morgan fingerprint density at radius 2 is 1.85 bits per heavy atom. The van der Waals surface area contributed by atoms with Gasteiger partial charge < -0.3 is 20.0 Å². The Kier molecular flexibility index (Phi) is 5.92. The van der Waals surface area contributed by atoms with E-state index >= 15 is 0 Å². The maximum Gasteiger partial charge on any atom is 0.407 e. The van der Waals surface area contributed by atoms with Crippen LogP contribution in [0.2, 0.25) is 0 Å². The second-order valence-electron chi connectivity index (χ2n) is 4.49. The van der Waals surface area contributed by atoms with Crippen LogP contribution in [0.4, 0.5) is 4.79 Å². The van der Waals surface area contributed by atoms with Crippen LogP contribution in [0.1, 0.15) is 22.5 Å². The maximum absolute atomic E-state index is 12.0. The van der Waals surface area contributed by atoms with Crippen LogP contribution in [0.5, 0.6) is 0 Å². The number of aliphatic hydroxyl groups excluding tert-OH is 1. The van der Waals surface area contributed by atoms with Crippen molar-refractivity contribution < 1.29 is 19.8 Å². The van der Waals surface area contributed by atoms with Crippen LogP contribution in [0.15, 0.2) is 18.3 Å². The Morgan fingerprint density at radius 3 is 2.35 bits per heavy atom. The van der Waals surface area contributed by atoms with Crippen molar-refractivity contribution in [1.82, 2.24) is 14.8 Å². The number of carbonyl (C=O) groups is 2. The number of pyridine rings is 1. The molecule has 7 heteroatoms. The van der Waals surface area contributed by atoms with Crippen molar-refractivity contribution in [2.45, 2.75) is 13.0 Å². The molecule has 1 rings (SSSR count). The van der Waals surface area contributed by atoms with E-state index in [1.54, 1.807) is 19.2 Å². The third kappa shape index (κ3) is 4.51. The predicted octanol–water partition coefficient (Wildman–Crippen LogP) is 0.646. The molecule has 0 aliphatic rings. The third-order valence-corrected chi connectivity index (χ3v) is 2.89. The van der Waals surface area contributed by atoms with Crippen molar-refractivity contribution in [3.05, 3.63) is 29.6 Å².